The number of Topliss-reactive ketones (excluding diaryl/α,β-unsaturated/α-hetero) is 1. The molecule has 6 nitrogen and oxygen atoms in total. The zero-order valence-corrected chi connectivity index (χ0v) is 20.0. The Morgan fingerprint density at radius 3 is 2.26 bits per heavy atom. The molecule has 2 amide bonds. The van der Waals surface area contributed by atoms with Crippen LogP contribution in [0.5, 0.6) is 0 Å². The zero-order valence-electron chi connectivity index (χ0n) is 18.5. The van der Waals surface area contributed by atoms with Crippen LogP contribution in [0.2, 0.25) is 5.02 Å². The highest BCUT2D eigenvalue weighted by Gasteiger charge is 2.81. The lowest BCUT2D eigenvalue weighted by Gasteiger charge is -2.43. The number of para-hydroxylation sites is 2. The fraction of sp³-hybridized carbons (Fsp3) is 0.222. The summed E-state index contributed by atoms with van der Waals surface area (Å²) >= 11 is 7.80. The Balaban J connectivity index is 1.58. The van der Waals surface area contributed by atoms with Crippen LogP contribution in [-0.2, 0) is 20.5 Å². The van der Waals surface area contributed by atoms with Gasteiger partial charge in [0, 0.05) is 45.2 Å². The molecule has 4 heterocycles. The van der Waals surface area contributed by atoms with Crippen molar-refractivity contribution < 1.29 is 14.4 Å². The summed E-state index contributed by atoms with van der Waals surface area (Å²) in [6.07, 6.45) is 0. The molecule has 4 atom stereocenters. The van der Waals surface area contributed by atoms with E-state index >= 15 is 0 Å². The summed E-state index contributed by atoms with van der Waals surface area (Å²) in [5, 5.41) is 6.63. The molecule has 174 valence electrons. The van der Waals surface area contributed by atoms with Gasteiger partial charge in [0.05, 0.1) is 5.92 Å². The van der Waals surface area contributed by atoms with E-state index in [0.717, 1.165) is 5.56 Å². The van der Waals surface area contributed by atoms with E-state index in [-0.39, 0.29) is 23.6 Å². The van der Waals surface area contributed by atoms with E-state index in [1.807, 2.05) is 48.5 Å². The number of rotatable bonds is 2. The molecule has 0 aromatic heterocycles. The number of thioether (sulfide) groups is 1. The normalized spacial score (nSPS) is 30.3. The zero-order chi connectivity index (χ0) is 23.9. The lowest BCUT2D eigenvalue weighted by atomic mass is 9.57. The van der Waals surface area contributed by atoms with Crippen LogP contribution >= 0.6 is 23.4 Å². The number of nitrogens with zero attached hydrogens (tertiary/aromatic N) is 1. The summed E-state index contributed by atoms with van der Waals surface area (Å²) in [5.74, 6) is -0.284. The molecular formula is C27H20ClN3O3S. The van der Waals surface area contributed by atoms with Gasteiger partial charge < -0.3 is 10.6 Å². The molecule has 4 aliphatic heterocycles. The first-order valence-electron chi connectivity index (χ1n) is 11.5. The highest BCUT2D eigenvalue weighted by molar-refractivity contribution is 7.99. The average molecular weight is 502 g/mol. The van der Waals surface area contributed by atoms with Crippen molar-refractivity contribution in [2.75, 3.05) is 22.3 Å². The Morgan fingerprint density at radius 2 is 1.51 bits per heavy atom. The SMILES string of the molecule is O=C(c1ccc(Cl)cc1)[C@@H]1[C@H]2CSCN2[C@]2(C(=O)Nc3ccccc32)[C@@]12C(=O)Nc1ccccc12. The van der Waals surface area contributed by atoms with Crippen molar-refractivity contribution in [3.63, 3.8) is 0 Å². The van der Waals surface area contributed by atoms with Gasteiger partial charge in [0.15, 0.2) is 5.78 Å². The van der Waals surface area contributed by atoms with Crippen molar-refractivity contribution in [3.8, 4) is 0 Å². The van der Waals surface area contributed by atoms with Crippen molar-refractivity contribution in [2.45, 2.75) is 17.0 Å². The van der Waals surface area contributed by atoms with Crippen molar-refractivity contribution in [1.82, 2.24) is 4.90 Å². The van der Waals surface area contributed by atoms with E-state index in [1.54, 1.807) is 36.0 Å². The summed E-state index contributed by atoms with van der Waals surface area (Å²) in [6.45, 7) is 0. The first-order chi connectivity index (χ1) is 17.0. The van der Waals surface area contributed by atoms with Crippen LogP contribution in [0.3, 0.4) is 0 Å². The van der Waals surface area contributed by atoms with E-state index in [9.17, 15) is 14.4 Å². The Bertz CT molecular complexity index is 1440. The molecule has 35 heavy (non-hydrogen) atoms. The largest absolute Gasteiger partial charge is 0.325 e. The lowest BCUT2D eigenvalue weighted by Crippen LogP contribution is -2.62. The van der Waals surface area contributed by atoms with Gasteiger partial charge in [-0.25, -0.2) is 0 Å². The number of hydrogen-bond acceptors (Lipinski definition) is 5. The molecule has 2 fully saturated rings. The van der Waals surface area contributed by atoms with Gasteiger partial charge >= 0.3 is 0 Å². The molecule has 0 unspecified atom stereocenters. The predicted molar refractivity (Wildman–Crippen MR) is 136 cm³/mol. The number of carbonyl (C=O) groups is 3. The number of halogens is 1. The number of hydrogen-bond donors (Lipinski definition) is 2. The van der Waals surface area contributed by atoms with Crippen LogP contribution < -0.4 is 10.6 Å². The molecule has 0 bridgehead atoms. The summed E-state index contributed by atoms with van der Waals surface area (Å²) in [4.78, 5) is 45.0. The summed E-state index contributed by atoms with van der Waals surface area (Å²) in [7, 11) is 0. The minimum atomic E-state index is -1.43. The predicted octanol–water partition coefficient (Wildman–Crippen LogP) is 4.27. The topological polar surface area (TPSA) is 78.5 Å². The Kier molecular flexibility index (Phi) is 4.35. The number of ketones is 1. The molecule has 2 N–H and O–H groups in total. The fourth-order valence-electron chi connectivity index (χ4n) is 6.85. The van der Waals surface area contributed by atoms with Gasteiger partial charge in [0.1, 0.15) is 11.0 Å². The molecule has 0 radical (unpaired) electrons. The summed E-state index contributed by atoms with van der Waals surface area (Å²) in [6, 6.07) is 21.5. The minimum Gasteiger partial charge on any atom is -0.325 e. The standard InChI is InChI=1S/C27H20ClN3O3S/c28-16-11-9-15(10-12-16)23(32)22-21-13-35-14-31(21)27(18-6-2-4-8-20(18)30-25(27)34)26(22)17-5-1-3-7-19(17)29-24(26)33/h1-12,21-22H,13-14H2,(H,29,33)(H,30,34)/t21-,22+,26-,27-/m1/s1. The van der Waals surface area contributed by atoms with E-state index in [0.29, 0.717) is 39.2 Å². The number of carbonyl (C=O) groups excluding carboxylic acids is 3. The molecule has 7 rings (SSSR count). The van der Waals surface area contributed by atoms with Gasteiger partial charge in [-0.1, -0.05) is 48.0 Å². The van der Waals surface area contributed by atoms with Gasteiger partial charge in [0.25, 0.3) is 5.91 Å². The number of benzene rings is 3. The molecule has 2 spiro atoms. The highest BCUT2D eigenvalue weighted by atomic mass is 35.5. The Labute approximate surface area is 211 Å². The van der Waals surface area contributed by atoms with Crippen molar-refractivity contribution in [2.24, 2.45) is 5.92 Å². The molecule has 0 saturated carbocycles. The van der Waals surface area contributed by atoms with E-state index < -0.39 is 16.9 Å². The number of anilines is 2. The fourth-order valence-corrected chi connectivity index (χ4v) is 8.28. The third kappa shape index (κ3) is 2.38. The maximum atomic E-state index is 14.4. The molecule has 0 aliphatic carbocycles. The minimum absolute atomic E-state index is 0.153. The van der Waals surface area contributed by atoms with Gasteiger partial charge in [-0.2, -0.15) is 0 Å². The molecule has 3 aromatic carbocycles. The van der Waals surface area contributed by atoms with Crippen molar-refractivity contribution in [1.29, 1.82) is 0 Å². The molecule has 4 aliphatic rings. The molecule has 3 aromatic rings. The highest BCUT2D eigenvalue weighted by Crippen LogP contribution is 2.67. The smallest absolute Gasteiger partial charge is 0.251 e. The van der Waals surface area contributed by atoms with Gasteiger partial charge in [-0.3, -0.25) is 19.3 Å². The third-order valence-corrected chi connectivity index (χ3v) is 9.33. The quantitative estimate of drug-likeness (QED) is 0.513. The molecular weight excluding hydrogens is 482 g/mol. The van der Waals surface area contributed by atoms with Crippen molar-refractivity contribution in [3.05, 3.63) is 94.5 Å². The summed E-state index contributed by atoms with van der Waals surface area (Å²) in [5.41, 5.74) is 0.487. The maximum Gasteiger partial charge on any atom is 0.251 e. The van der Waals surface area contributed by atoms with E-state index in [1.165, 1.54) is 0 Å². The molecule has 2 saturated heterocycles. The number of amides is 2. The summed E-state index contributed by atoms with van der Waals surface area (Å²) < 4.78 is 0. The second kappa shape index (κ2) is 7.20. The van der Waals surface area contributed by atoms with E-state index in [4.69, 9.17) is 11.6 Å². The molecule has 8 heteroatoms. The monoisotopic (exact) mass is 501 g/mol. The van der Waals surface area contributed by atoms with Gasteiger partial charge in [0.2, 0.25) is 5.91 Å². The first-order valence-corrected chi connectivity index (χ1v) is 13.0. The van der Waals surface area contributed by atoms with Crippen LogP contribution in [0, 0.1) is 5.92 Å². The van der Waals surface area contributed by atoms with Gasteiger partial charge in [-0.15, -0.1) is 11.8 Å². The van der Waals surface area contributed by atoms with E-state index in [2.05, 4.69) is 15.5 Å². The maximum absolute atomic E-state index is 14.4. The van der Waals surface area contributed by atoms with Gasteiger partial charge in [-0.05, 0) is 42.0 Å². The van der Waals surface area contributed by atoms with Crippen LogP contribution in [-0.4, -0.2) is 40.2 Å². The number of nitrogens with one attached hydrogen (secondary N) is 2. The number of fused-ring (bicyclic) bond motifs is 7. The first kappa shape index (κ1) is 21.2. The lowest BCUT2D eigenvalue weighted by molar-refractivity contribution is -0.137. The van der Waals surface area contributed by atoms with Crippen molar-refractivity contribution >= 4 is 52.3 Å². The Hall–Kier alpha value is -3.13. The third-order valence-electron chi connectivity index (χ3n) is 8.04. The van der Waals surface area contributed by atoms with Crippen LogP contribution in [0.15, 0.2) is 72.8 Å². The second-order valence-electron chi connectivity index (χ2n) is 9.40. The van der Waals surface area contributed by atoms with Crippen LogP contribution in [0.4, 0.5) is 11.4 Å². The van der Waals surface area contributed by atoms with Crippen LogP contribution in [0.25, 0.3) is 0 Å². The average Bonchev–Trinajstić information content (AvgIpc) is 3.58. The Morgan fingerprint density at radius 1 is 0.886 bits per heavy atom. The second-order valence-corrected chi connectivity index (χ2v) is 10.8. The van der Waals surface area contributed by atoms with Crippen LogP contribution in [0.1, 0.15) is 21.5 Å².